The van der Waals surface area contributed by atoms with Gasteiger partial charge in [-0.2, -0.15) is 0 Å². The smallest absolute Gasteiger partial charge is 0.269 e. The van der Waals surface area contributed by atoms with Gasteiger partial charge in [-0.1, -0.05) is 41.6 Å². The number of benzene rings is 3. The molecule has 0 fully saturated rings. The summed E-state index contributed by atoms with van der Waals surface area (Å²) in [4.78, 5) is 8.95. The van der Waals surface area contributed by atoms with Crippen LogP contribution in [0.15, 0.2) is 99.4 Å². The number of hydrogen-bond acceptors (Lipinski definition) is 9. The molecular formula is C32H31N5O6S. The lowest BCUT2D eigenvalue weighted by atomic mass is 9.97. The first kappa shape index (κ1) is 29.3. The summed E-state index contributed by atoms with van der Waals surface area (Å²) in [6, 6.07) is 20.5. The van der Waals surface area contributed by atoms with Gasteiger partial charge in [-0.25, -0.2) is 22.7 Å². The Morgan fingerprint density at radius 3 is 2.55 bits per heavy atom. The lowest BCUT2D eigenvalue weighted by Gasteiger charge is -2.24. The molecule has 0 aliphatic heterocycles. The van der Waals surface area contributed by atoms with Gasteiger partial charge in [0.25, 0.3) is 10.0 Å². The summed E-state index contributed by atoms with van der Waals surface area (Å²) < 4.78 is 54.0. The molecule has 0 aliphatic carbocycles. The highest BCUT2D eigenvalue weighted by atomic mass is 32.2. The predicted octanol–water partition coefficient (Wildman–Crippen LogP) is 5.83. The van der Waals surface area contributed by atoms with E-state index in [4.69, 9.17) is 18.4 Å². The average molecular weight is 614 g/mol. The first-order valence-electron chi connectivity index (χ1n) is 13.9. The Bertz CT molecular complexity index is 2000. The monoisotopic (exact) mass is 613 g/mol. The van der Waals surface area contributed by atoms with Crippen molar-refractivity contribution in [3.63, 3.8) is 0 Å². The number of aromatic nitrogens is 4. The number of oxazole rings is 1. The van der Waals surface area contributed by atoms with Gasteiger partial charge in [-0.3, -0.25) is 0 Å². The number of nitrogens with zero attached hydrogens (tertiary/aromatic N) is 5. The zero-order valence-electron chi connectivity index (χ0n) is 24.5. The third-order valence-corrected chi connectivity index (χ3v) is 9.16. The van der Waals surface area contributed by atoms with Gasteiger partial charge in [0.1, 0.15) is 13.0 Å². The SMILES string of the molecule is COCCOCN(c1onc(C)c1C)S(=O)(=O)c1ccccc1-c1ccc(-c2ncco2)cc1Cn1cnc2ccccc21. The van der Waals surface area contributed by atoms with Gasteiger partial charge >= 0.3 is 0 Å². The van der Waals surface area contributed by atoms with Crippen LogP contribution in [0.4, 0.5) is 5.88 Å². The van der Waals surface area contributed by atoms with Crippen LogP contribution in [0.25, 0.3) is 33.6 Å². The van der Waals surface area contributed by atoms with E-state index in [0.29, 0.717) is 35.9 Å². The molecule has 3 aromatic heterocycles. The maximum absolute atomic E-state index is 14.5. The van der Waals surface area contributed by atoms with E-state index in [-0.39, 0.29) is 24.1 Å². The summed E-state index contributed by atoms with van der Waals surface area (Å²) in [7, 11) is -2.66. The standard InChI is InChI=1S/C32H31N5O6S/c1-22-23(2)35-43-32(22)37(21-41-17-16-40-3)44(38,39)30-11-7-4-8-27(30)26-13-12-24(31-33-14-15-42-31)18-25(26)19-36-20-34-28-9-5-6-10-29(28)36/h4-15,18,20H,16-17,19,21H2,1-3H3. The van der Waals surface area contributed by atoms with Crippen LogP contribution in [0.1, 0.15) is 16.8 Å². The highest BCUT2D eigenvalue weighted by Gasteiger charge is 2.33. The summed E-state index contributed by atoms with van der Waals surface area (Å²) in [5.74, 6) is 0.559. The van der Waals surface area contributed by atoms with Crippen LogP contribution in [0.3, 0.4) is 0 Å². The van der Waals surface area contributed by atoms with Crippen LogP contribution < -0.4 is 4.31 Å². The van der Waals surface area contributed by atoms with Gasteiger partial charge < -0.3 is 23.0 Å². The number of hydrogen-bond donors (Lipinski definition) is 0. The zero-order valence-corrected chi connectivity index (χ0v) is 25.3. The van der Waals surface area contributed by atoms with E-state index in [0.717, 1.165) is 32.0 Å². The summed E-state index contributed by atoms with van der Waals surface area (Å²) in [5.41, 5.74) is 5.86. The molecule has 0 spiro atoms. The van der Waals surface area contributed by atoms with Crippen molar-refractivity contribution in [2.45, 2.75) is 25.3 Å². The lowest BCUT2D eigenvalue weighted by Crippen LogP contribution is -2.34. The van der Waals surface area contributed by atoms with Crippen molar-refractivity contribution in [1.82, 2.24) is 19.7 Å². The summed E-state index contributed by atoms with van der Waals surface area (Å²) in [6.45, 7) is 4.16. The van der Waals surface area contributed by atoms with Crippen molar-refractivity contribution in [1.29, 1.82) is 0 Å². The van der Waals surface area contributed by atoms with E-state index in [2.05, 4.69) is 15.1 Å². The number of ether oxygens (including phenoxy) is 2. The number of imidazole rings is 1. The molecule has 0 bridgehead atoms. The van der Waals surface area contributed by atoms with E-state index < -0.39 is 10.0 Å². The average Bonchev–Trinajstić information content (AvgIpc) is 3.79. The quantitative estimate of drug-likeness (QED) is 0.124. The minimum absolute atomic E-state index is 0.0874. The molecule has 226 valence electrons. The molecule has 0 amide bonds. The molecule has 6 rings (SSSR count). The number of sulfonamides is 1. The van der Waals surface area contributed by atoms with Crippen LogP contribution in [0, 0.1) is 13.8 Å². The number of anilines is 1. The van der Waals surface area contributed by atoms with E-state index in [1.807, 2.05) is 53.1 Å². The second kappa shape index (κ2) is 12.4. The van der Waals surface area contributed by atoms with E-state index in [1.54, 1.807) is 51.7 Å². The van der Waals surface area contributed by atoms with Gasteiger partial charge in [0.15, 0.2) is 0 Å². The van der Waals surface area contributed by atoms with E-state index >= 15 is 0 Å². The minimum Gasteiger partial charge on any atom is -0.445 e. The molecule has 0 atom stereocenters. The van der Waals surface area contributed by atoms with Crippen molar-refractivity contribution in [2.75, 3.05) is 31.4 Å². The van der Waals surface area contributed by atoms with Gasteiger partial charge in [-0.15, -0.1) is 0 Å². The van der Waals surface area contributed by atoms with Crippen molar-refractivity contribution in [2.24, 2.45) is 0 Å². The molecule has 0 saturated heterocycles. The summed E-state index contributed by atoms with van der Waals surface area (Å²) in [6.07, 6.45) is 4.89. The van der Waals surface area contributed by atoms with Gasteiger partial charge in [0.05, 0.1) is 47.4 Å². The molecule has 11 nitrogen and oxygen atoms in total. The third-order valence-electron chi connectivity index (χ3n) is 7.40. The Morgan fingerprint density at radius 2 is 1.77 bits per heavy atom. The molecule has 3 heterocycles. The molecule has 0 unspecified atom stereocenters. The number of fused-ring (bicyclic) bond motifs is 1. The highest BCUT2D eigenvalue weighted by molar-refractivity contribution is 7.93. The first-order chi connectivity index (χ1) is 21.4. The molecule has 0 N–H and O–H groups in total. The summed E-state index contributed by atoms with van der Waals surface area (Å²) in [5, 5.41) is 4.00. The van der Waals surface area contributed by atoms with Crippen LogP contribution in [-0.4, -0.2) is 55.2 Å². The Kier molecular flexibility index (Phi) is 8.29. The van der Waals surface area contributed by atoms with Crippen molar-refractivity contribution < 1.29 is 26.8 Å². The number of rotatable bonds is 12. The van der Waals surface area contributed by atoms with Gasteiger partial charge in [0.2, 0.25) is 11.8 Å². The van der Waals surface area contributed by atoms with Crippen LogP contribution in [-0.2, 0) is 26.0 Å². The molecule has 44 heavy (non-hydrogen) atoms. The van der Waals surface area contributed by atoms with Crippen molar-refractivity contribution in [3.05, 3.63) is 102 Å². The third kappa shape index (κ3) is 5.62. The Balaban J connectivity index is 1.48. The molecule has 0 radical (unpaired) electrons. The van der Waals surface area contributed by atoms with E-state index in [1.165, 1.54) is 6.26 Å². The van der Waals surface area contributed by atoms with Gasteiger partial charge in [-0.05, 0) is 55.3 Å². The molecular weight excluding hydrogens is 582 g/mol. The Hall–Kier alpha value is -4.78. The predicted molar refractivity (Wildman–Crippen MR) is 165 cm³/mol. The van der Waals surface area contributed by atoms with Crippen molar-refractivity contribution in [3.8, 4) is 22.6 Å². The number of para-hydroxylation sites is 2. The topological polar surface area (TPSA) is 126 Å². The first-order valence-corrected chi connectivity index (χ1v) is 15.4. The number of aryl methyl sites for hydroxylation is 1. The fourth-order valence-electron chi connectivity index (χ4n) is 5.00. The molecule has 12 heteroatoms. The van der Waals surface area contributed by atoms with Crippen molar-refractivity contribution >= 4 is 26.9 Å². The fourth-order valence-corrected chi connectivity index (χ4v) is 6.55. The zero-order chi connectivity index (χ0) is 30.7. The molecule has 6 aromatic rings. The molecule has 0 aliphatic rings. The normalized spacial score (nSPS) is 11.8. The molecule has 0 saturated carbocycles. The second-order valence-electron chi connectivity index (χ2n) is 10.1. The second-order valence-corrected chi connectivity index (χ2v) is 12.0. The maximum Gasteiger partial charge on any atom is 0.269 e. The Morgan fingerprint density at radius 1 is 0.955 bits per heavy atom. The maximum atomic E-state index is 14.5. The Labute approximate surface area is 254 Å². The minimum atomic E-state index is -4.21. The van der Waals surface area contributed by atoms with Crippen LogP contribution in [0.2, 0.25) is 0 Å². The highest BCUT2D eigenvalue weighted by Crippen LogP contribution is 2.37. The van der Waals surface area contributed by atoms with Gasteiger partial charge in [0, 0.05) is 30.3 Å². The largest absolute Gasteiger partial charge is 0.445 e. The number of methoxy groups -OCH3 is 1. The van der Waals surface area contributed by atoms with E-state index in [9.17, 15) is 8.42 Å². The lowest BCUT2D eigenvalue weighted by molar-refractivity contribution is 0.0744. The van der Waals surface area contributed by atoms with Crippen LogP contribution in [0.5, 0.6) is 0 Å². The van der Waals surface area contributed by atoms with Crippen LogP contribution >= 0.6 is 0 Å². The fraction of sp³-hybridized carbons (Fsp3) is 0.219. The summed E-state index contributed by atoms with van der Waals surface area (Å²) >= 11 is 0. The molecule has 3 aromatic carbocycles.